The molecule has 0 bridgehead atoms. The number of esters is 2. The van der Waals surface area contributed by atoms with Crippen LogP contribution >= 0.6 is 31.9 Å². The average Bonchev–Trinajstić information content (AvgIpc) is 3.77. The first-order valence-electron chi connectivity index (χ1n) is 24.8. The van der Waals surface area contributed by atoms with Crippen LogP contribution in [0.15, 0.2) is 171 Å². The number of carbonyl (C=O) groups excluding carboxylic acids is 2. The van der Waals surface area contributed by atoms with E-state index in [9.17, 15) is 9.59 Å². The Bertz CT molecular complexity index is 3660. The van der Waals surface area contributed by atoms with Crippen molar-refractivity contribution in [1.29, 1.82) is 0 Å². The lowest BCUT2D eigenvalue weighted by atomic mass is 9.76. The van der Waals surface area contributed by atoms with Gasteiger partial charge < -0.3 is 35.9 Å². The highest BCUT2D eigenvalue weighted by Crippen LogP contribution is 2.61. The predicted octanol–water partition coefficient (Wildman–Crippen LogP) is 13.7. The van der Waals surface area contributed by atoms with Crippen molar-refractivity contribution in [2.75, 3.05) is 38.2 Å². The molecule has 76 heavy (non-hydrogen) atoms. The number of ether oxygens (including phenoxy) is 3. The summed E-state index contributed by atoms with van der Waals surface area (Å²) in [5.41, 5.74) is 13.3. The van der Waals surface area contributed by atoms with Crippen molar-refractivity contribution >= 4 is 60.5 Å². The minimum absolute atomic E-state index is 0. The van der Waals surface area contributed by atoms with E-state index in [-0.39, 0.29) is 39.2 Å². The number of aryl methyl sites for hydroxylation is 2. The van der Waals surface area contributed by atoms with Gasteiger partial charge >= 0.3 is 11.9 Å². The molecule has 3 aliphatic heterocycles. The van der Waals surface area contributed by atoms with Crippen LogP contribution in [0.3, 0.4) is 0 Å². The van der Waals surface area contributed by atoms with Gasteiger partial charge in [0.05, 0.1) is 32.7 Å². The Morgan fingerprint density at radius 1 is 0.605 bits per heavy atom. The van der Waals surface area contributed by atoms with Gasteiger partial charge in [-0.05, 0) is 132 Å². The van der Waals surface area contributed by atoms with Crippen molar-refractivity contribution < 1.29 is 40.6 Å². The molecule has 1 unspecified atom stereocenters. The Labute approximate surface area is 470 Å². The summed E-state index contributed by atoms with van der Waals surface area (Å²) in [6.45, 7) is 16.2. The zero-order valence-corrected chi connectivity index (χ0v) is 46.2. The average molecular weight is 1160 g/mol. The molecule has 0 saturated carbocycles. The second kappa shape index (κ2) is 23.5. The number of benzene rings is 8. The molecule has 0 saturated heterocycles. The molecule has 8 nitrogen and oxygen atoms in total. The van der Waals surface area contributed by atoms with Crippen molar-refractivity contribution in [2.24, 2.45) is 0 Å². The molecule has 1 spiro atoms. The fourth-order valence-electron chi connectivity index (χ4n) is 10.6. The second-order valence-corrected chi connectivity index (χ2v) is 19.7. The van der Waals surface area contributed by atoms with Crippen LogP contribution in [0.1, 0.15) is 91.1 Å². The van der Waals surface area contributed by atoms with Crippen LogP contribution < -0.4 is 32.0 Å². The van der Waals surface area contributed by atoms with Crippen molar-refractivity contribution in [3.63, 3.8) is 0 Å². The summed E-state index contributed by atoms with van der Waals surface area (Å²) in [5.74, 6) is 1.49. The number of rotatable bonds is 9. The minimum atomic E-state index is -1.10. The highest BCUT2D eigenvalue weighted by molar-refractivity contribution is 9.11. The van der Waals surface area contributed by atoms with Gasteiger partial charge in [-0.15, -0.1) is 0 Å². The molecule has 0 aromatic heterocycles. The zero-order chi connectivity index (χ0) is 51.1. The van der Waals surface area contributed by atoms with Crippen LogP contribution in [-0.4, -0.2) is 45.2 Å². The Balaban J connectivity index is 0.000000213. The molecule has 3 heterocycles. The van der Waals surface area contributed by atoms with Crippen LogP contribution in [0.4, 0.5) is 5.69 Å². The topological polar surface area (TPSA) is 81.2 Å². The molecule has 11 rings (SSSR count). The first-order valence-corrected chi connectivity index (χ1v) is 26.4. The lowest BCUT2D eigenvalue weighted by molar-refractivity contribution is -0.0000720. The van der Waals surface area contributed by atoms with E-state index in [2.05, 4.69) is 149 Å². The number of hydrogen-bond acceptors (Lipinski definition) is 7. The van der Waals surface area contributed by atoms with E-state index in [0.29, 0.717) is 22.6 Å². The summed E-state index contributed by atoms with van der Waals surface area (Å²) < 4.78 is 29.3. The normalized spacial score (nSPS) is 13.6. The second-order valence-electron chi connectivity index (χ2n) is 18.1. The molecule has 0 radical (unpaired) electrons. The number of halogens is 3. The smallest absolute Gasteiger partial charge is 0.340 e. The number of fused-ring (bicyclic) bond motifs is 8. The van der Waals surface area contributed by atoms with Crippen LogP contribution in [-0.2, 0) is 15.1 Å². The molecule has 390 valence electrons. The third kappa shape index (κ3) is 9.43. The SMILES string of the molecule is C.C.CCN(CC)c1ccc2c(c1-c1ccccc1)Oc1c(ccc(C)c1Br)C21OC(=O)c2ccccc21.CC[N+](CC)=c1ccc2c(-c3ccccc3C(=O)OC)c3ccc(C)c(Br)c3oc-2c1-c1ccccc1.[Cl-]. The maximum absolute atomic E-state index is 13.3. The third-order valence-corrected chi connectivity index (χ3v) is 16.2. The van der Waals surface area contributed by atoms with Gasteiger partial charge in [0.2, 0.25) is 5.36 Å². The molecule has 11 heteroatoms. The summed E-state index contributed by atoms with van der Waals surface area (Å²) in [4.78, 5) is 28.4. The number of carbonyl (C=O) groups is 2. The summed E-state index contributed by atoms with van der Waals surface area (Å²) in [7, 11) is 1.42. The van der Waals surface area contributed by atoms with E-state index < -0.39 is 5.60 Å². The number of hydrogen-bond donors (Lipinski definition) is 0. The summed E-state index contributed by atoms with van der Waals surface area (Å²) in [6.07, 6.45) is 0. The lowest BCUT2D eigenvalue weighted by Gasteiger charge is -2.39. The van der Waals surface area contributed by atoms with Crippen LogP contribution in [0.5, 0.6) is 11.5 Å². The standard InChI is InChI=1S/C32H29BrNO3.C31H26BrNO3.2CH4.ClH/c1-5-34(6-2)26-19-18-24-28(22-14-10-11-15-23(22)32(35)36-4)25-17-16-20(3)29(33)31(25)37-30(24)27(26)21-12-8-7-9-13-21;1-4-33(5-2)25-18-17-23-28(26(25)20-11-7-6-8-12-20)35-29-24(16-15-19(3)27(29)32)31(23)22-14-10-9-13-21(22)30(34)36-31;;;/h7-19H,5-6H2,1-4H3;6-18H,4-5H2,1-3H3;2*1H4;1H/q+1;;;;/p-1. The third-order valence-electron chi connectivity index (χ3n) is 14.3. The fraction of sp³-hybridized carbons (Fsp3) is 0.215. The van der Waals surface area contributed by atoms with Crippen LogP contribution in [0.2, 0.25) is 0 Å². The van der Waals surface area contributed by atoms with Crippen molar-refractivity contribution in [1.82, 2.24) is 4.58 Å². The van der Waals surface area contributed by atoms with Crippen molar-refractivity contribution in [2.45, 2.75) is 62.0 Å². The van der Waals surface area contributed by atoms with Gasteiger partial charge in [0.25, 0.3) is 0 Å². The van der Waals surface area contributed by atoms with Crippen LogP contribution in [0, 0.1) is 13.8 Å². The Kier molecular flexibility index (Phi) is 17.5. The fourth-order valence-corrected chi connectivity index (χ4v) is 11.5. The lowest BCUT2D eigenvalue weighted by Crippen LogP contribution is -3.00. The molecular weight excluding hydrogens is 1100 g/mol. The van der Waals surface area contributed by atoms with Crippen LogP contribution in [0.25, 0.3) is 55.7 Å². The Morgan fingerprint density at radius 3 is 1.82 bits per heavy atom. The van der Waals surface area contributed by atoms with Crippen molar-refractivity contribution in [3.8, 4) is 56.2 Å². The molecule has 0 N–H and O–H groups in total. The Hall–Kier alpha value is -6.98. The van der Waals surface area contributed by atoms with E-state index in [4.69, 9.17) is 18.6 Å². The van der Waals surface area contributed by atoms with Crippen molar-refractivity contribution in [3.05, 3.63) is 211 Å². The van der Waals surface area contributed by atoms with Gasteiger partial charge in [-0.25, -0.2) is 14.2 Å². The highest BCUT2D eigenvalue weighted by atomic mass is 79.9. The molecular formula is C65H63Br2ClN2O6. The monoisotopic (exact) mass is 1160 g/mol. The van der Waals surface area contributed by atoms with Gasteiger partial charge in [0.15, 0.2) is 5.60 Å². The van der Waals surface area contributed by atoms with Gasteiger partial charge in [-0.3, -0.25) is 0 Å². The molecule has 0 fully saturated rings. The molecule has 0 amide bonds. The maximum atomic E-state index is 13.3. The largest absolute Gasteiger partial charge is 1.00 e. The van der Waals surface area contributed by atoms with Gasteiger partial charge in [0.1, 0.15) is 35.9 Å². The maximum Gasteiger partial charge on any atom is 0.340 e. The summed E-state index contributed by atoms with van der Waals surface area (Å²) >= 11 is 7.58. The molecule has 1 atom stereocenters. The van der Waals surface area contributed by atoms with E-state index >= 15 is 0 Å². The molecule has 1 aliphatic carbocycles. The number of anilines is 1. The summed E-state index contributed by atoms with van der Waals surface area (Å²) in [6, 6.07) is 52.7. The number of nitrogens with zero attached hydrogens (tertiary/aromatic N) is 2. The summed E-state index contributed by atoms with van der Waals surface area (Å²) in [5, 5.41) is 2.04. The predicted molar refractivity (Wildman–Crippen MR) is 313 cm³/mol. The molecule has 7 aromatic rings. The van der Waals surface area contributed by atoms with Gasteiger partial charge in [-0.2, -0.15) is 0 Å². The van der Waals surface area contributed by atoms with E-state index in [1.807, 2.05) is 91.9 Å². The first-order chi connectivity index (χ1) is 35.5. The molecule has 4 aliphatic rings. The number of methoxy groups -OCH3 is 1. The quantitative estimate of drug-likeness (QED) is 0.0809. The van der Waals surface area contributed by atoms with E-state index in [0.717, 1.165) is 130 Å². The van der Waals surface area contributed by atoms with Gasteiger partial charge in [0, 0.05) is 63.6 Å². The van der Waals surface area contributed by atoms with E-state index in [1.165, 1.54) is 7.11 Å². The Morgan fingerprint density at radius 2 is 1.17 bits per heavy atom. The zero-order valence-electron chi connectivity index (χ0n) is 42.3. The molecule has 7 aromatic carbocycles. The first kappa shape index (κ1) is 56.7. The van der Waals surface area contributed by atoms with E-state index in [1.54, 1.807) is 0 Å². The minimum Gasteiger partial charge on any atom is -1.00 e. The highest BCUT2D eigenvalue weighted by Gasteiger charge is 2.54. The van der Waals surface area contributed by atoms with Gasteiger partial charge in [-0.1, -0.05) is 136 Å².